The second kappa shape index (κ2) is 7.04. The van der Waals surface area contributed by atoms with Crippen LogP contribution in [-0.2, 0) is 10.0 Å². The number of halogens is 1. The molecule has 24 heavy (non-hydrogen) atoms. The normalized spacial score (nSPS) is 11.6. The van der Waals surface area contributed by atoms with E-state index in [9.17, 15) is 13.2 Å². The molecule has 0 saturated carbocycles. The molecule has 0 aliphatic rings. The van der Waals surface area contributed by atoms with Crippen LogP contribution >= 0.6 is 15.9 Å². The minimum Gasteiger partial charge on any atom is -0.422 e. The zero-order chi connectivity index (χ0) is 18.1. The van der Waals surface area contributed by atoms with Gasteiger partial charge in [0.25, 0.3) is 0 Å². The number of esters is 1. The number of carbonyl (C=O) groups excluding carboxylic acids is 1. The Morgan fingerprint density at radius 1 is 1.08 bits per heavy atom. The van der Waals surface area contributed by atoms with E-state index in [0.29, 0.717) is 10.2 Å². The van der Waals surface area contributed by atoms with E-state index in [0.717, 1.165) is 15.4 Å². The van der Waals surface area contributed by atoms with Crippen molar-refractivity contribution in [2.24, 2.45) is 0 Å². The number of hydrogen-bond acceptors (Lipinski definition) is 4. The smallest absolute Gasteiger partial charge is 0.344 e. The monoisotopic (exact) mass is 411 g/mol. The average Bonchev–Trinajstić information content (AvgIpc) is 2.51. The molecule has 0 N–H and O–H groups in total. The highest BCUT2D eigenvalue weighted by molar-refractivity contribution is 9.10. The van der Waals surface area contributed by atoms with Gasteiger partial charge in [0.05, 0.1) is 10.5 Å². The van der Waals surface area contributed by atoms with E-state index in [2.05, 4.69) is 15.9 Å². The Morgan fingerprint density at radius 3 is 2.21 bits per heavy atom. The molecule has 0 atom stereocenters. The summed E-state index contributed by atoms with van der Waals surface area (Å²) in [5.74, 6) is -0.134. The first-order valence-corrected chi connectivity index (χ1v) is 9.38. The molecule has 0 saturated heterocycles. The number of hydrogen-bond donors (Lipinski definition) is 0. The van der Waals surface area contributed by atoms with Gasteiger partial charge in [0, 0.05) is 18.6 Å². The molecule has 0 aliphatic carbocycles. The van der Waals surface area contributed by atoms with Crippen molar-refractivity contribution in [3.63, 3.8) is 0 Å². The van der Waals surface area contributed by atoms with Gasteiger partial charge in [-0.2, -0.15) is 0 Å². The van der Waals surface area contributed by atoms with Crippen molar-refractivity contribution in [3.05, 3.63) is 57.6 Å². The fraction of sp³-hybridized carbons (Fsp3) is 0.235. The molecule has 128 valence electrons. The SMILES string of the molecule is Cc1cccc(C)c1OC(=O)c1cc(S(=O)(=O)N(C)C)ccc1Br. The number of para-hydroxylation sites is 1. The molecular formula is C17H18BrNO4S. The fourth-order valence-corrected chi connectivity index (χ4v) is 3.48. The van der Waals surface area contributed by atoms with E-state index in [1.54, 1.807) is 0 Å². The van der Waals surface area contributed by atoms with Crippen LogP contribution in [0.15, 0.2) is 45.8 Å². The van der Waals surface area contributed by atoms with Crippen molar-refractivity contribution in [2.45, 2.75) is 18.7 Å². The number of ether oxygens (including phenoxy) is 1. The van der Waals surface area contributed by atoms with Gasteiger partial charge in [0.1, 0.15) is 5.75 Å². The zero-order valence-corrected chi connectivity index (χ0v) is 16.2. The van der Waals surface area contributed by atoms with Crippen LogP contribution in [0.25, 0.3) is 0 Å². The first kappa shape index (κ1) is 18.6. The first-order chi connectivity index (χ1) is 11.1. The van der Waals surface area contributed by atoms with Crippen LogP contribution in [0.1, 0.15) is 21.5 Å². The van der Waals surface area contributed by atoms with Crippen molar-refractivity contribution in [2.75, 3.05) is 14.1 Å². The van der Waals surface area contributed by atoms with Gasteiger partial charge in [-0.15, -0.1) is 0 Å². The summed E-state index contributed by atoms with van der Waals surface area (Å²) in [5, 5.41) is 0. The molecule has 2 aromatic carbocycles. The van der Waals surface area contributed by atoms with E-state index in [1.807, 2.05) is 32.0 Å². The van der Waals surface area contributed by atoms with Crippen LogP contribution < -0.4 is 4.74 Å². The molecule has 0 heterocycles. The fourth-order valence-electron chi connectivity index (χ4n) is 2.14. The third-order valence-electron chi connectivity index (χ3n) is 3.54. The summed E-state index contributed by atoms with van der Waals surface area (Å²) < 4.78 is 31.5. The summed E-state index contributed by atoms with van der Waals surface area (Å²) in [7, 11) is -0.761. The molecule has 2 aromatic rings. The lowest BCUT2D eigenvalue weighted by atomic mass is 10.1. The van der Waals surface area contributed by atoms with Crippen molar-refractivity contribution in [1.82, 2.24) is 4.31 Å². The summed E-state index contributed by atoms with van der Waals surface area (Å²) in [6.45, 7) is 3.69. The topological polar surface area (TPSA) is 63.7 Å². The molecule has 2 rings (SSSR count). The van der Waals surface area contributed by atoms with Gasteiger partial charge in [0.15, 0.2) is 0 Å². The lowest BCUT2D eigenvalue weighted by molar-refractivity contribution is 0.0731. The lowest BCUT2D eigenvalue weighted by Crippen LogP contribution is -2.22. The first-order valence-electron chi connectivity index (χ1n) is 7.15. The van der Waals surface area contributed by atoms with E-state index >= 15 is 0 Å². The van der Waals surface area contributed by atoms with Gasteiger partial charge in [-0.3, -0.25) is 0 Å². The second-order valence-electron chi connectivity index (χ2n) is 5.54. The highest BCUT2D eigenvalue weighted by Gasteiger charge is 2.22. The molecule has 0 aromatic heterocycles. The van der Waals surface area contributed by atoms with Crippen LogP contribution in [0, 0.1) is 13.8 Å². The Bertz CT molecular complexity index is 871. The average molecular weight is 412 g/mol. The highest BCUT2D eigenvalue weighted by Crippen LogP contribution is 2.27. The van der Waals surface area contributed by atoms with E-state index < -0.39 is 16.0 Å². The van der Waals surface area contributed by atoms with Gasteiger partial charge in [-0.1, -0.05) is 18.2 Å². The van der Waals surface area contributed by atoms with Crippen LogP contribution in [0.5, 0.6) is 5.75 Å². The predicted molar refractivity (Wildman–Crippen MR) is 95.9 cm³/mol. The number of nitrogens with zero attached hydrogens (tertiary/aromatic N) is 1. The van der Waals surface area contributed by atoms with E-state index in [-0.39, 0.29) is 10.5 Å². The molecule has 0 spiro atoms. The summed E-state index contributed by atoms with van der Waals surface area (Å²) in [6, 6.07) is 9.85. The molecule has 7 heteroatoms. The number of carbonyl (C=O) groups is 1. The van der Waals surface area contributed by atoms with Gasteiger partial charge < -0.3 is 4.74 Å². The molecule has 0 bridgehead atoms. The molecule has 0 aliphatic heterocycles. The quantitative estimate of drug-likeness (QED) is 0.569. The maximum absolute atomic E-state index is 12.5. The molecular weight excluding hydrogens is 394 g/mol. The van der Waals surface area contributed by atoms with Crippen LogP contribution in [0.2, 0.25) is 0 Å². The van der Waals surface area contributed by atoms with Crippen molar-refractivity contribution in [3.8, 4) is 5.75 Å². The highest BCUT2D eigenvalue weighted by atomic mass is 79.9. The molecule has 0 fully saturated rings. The summed E-state index contributed by atoms with van der Waals surface area (Å²) in [5.41, 5.74) is 1.81. The number of sulfonamides is 1. The van der Waals surface area contributed by atoms with E-state index in [4.69, 9.17) is 4.74 Å². The second-order valence-corrected chi connectivity index (χ2v) is 8.55. The van der Waals surface area contributed by atoms with Gasteiger partial charge in [0.2, 0.25) is 10.0 Å². The largest absolute Gasteiger partial charge is 0.422 e. The Morgan fingerprint density at radius 2 is 1.67 bits per heavy atom. The van der Waals surface area contributed by atoms with Gasteiger partial charge in [-0.05, 0) is 59.1 Å². The van der Waals surface area contributed by atoms with Crippen LogP contribution in [0.4, 0.5) is 0 Å². The summed E-state index contributed by atoms with van der Waals surface area (Å²) in [6.07, 6.45) is 0. The molecule has 5 nitrogen and oxygen atoms in total. The van der Waals surface area contributed by atoms with Crippen molar-refractivity contribution >= 4 is 31.9 Å². The van der Waals surface area contributed by atoms with Crippen molar-refractivity contribution < 1.29 is 17.9 Å². The zero-order valence-electron chi connectivity index (χ0n) is 13.8. The maximum Gasteiger partial charge on any atom is 0.344 e. The molecule has 0 amide bonds. The predicted octanol–water partition coefficient (Wildman–Crippen LogP) is 3.54. The molecule has 0 unspecified atom stereocenters. The number of rotatable bonds is 4. The number of aryl methyl sites for hydroxylation is 2. The van der Waals surface area contributed by atoms with Gasteiger partial charge in [-0.25, -0.2) is 17.5 Å². The minimum absolute atomic E-state index is 0.0316. The van der Waals surface area contributed by atoms with E-state index in [1.165, 1.54) is 32.3 Å². The Hall–Kier alpha value is -1.70. The standard InChI is InChI=1S/C17H18BrNO4S/c1-11-6-5-7-12(2)16(11)23-17(20)14-10-13(8-9-15(14)18)24(21,22)19(3)4/h5-10H,1-4H3. The van der Waals surface area contributed by atoms with Gasteiger partial charge >= 0.3 is 5.97 Å². The maximum atomic E-state index is 12.5. The Balaban J connectivity index is 2.43. The van der Waals surface area contributed by atoms with Crippen LogP contribution in [0.3, 0.4) is 0 Å². The number of benzene rings is 2. The summed E-state index contributed by atoms with van der Waals surface area (Å²) >= 11 is 3.28. The third kappa shape index (κ3) is 3.68. The summed E-state index contributed by atoms with van der Waals surface area (Å²) in [4.78, 5) is 12.6. The third-order valence-corrected chi connectivity index (χ3v) is 6.04. The Kier molecular flexibility index (Phi) is 5.47. The molecule has 0 radical (unpaired) electrons. The lowest BCUT2D eigenvalue weighted by Gasteiger charge is -2.14. The van der Waals surface area contributed by atoms with Crippen molar-refractivity contribution in [1.29, 1.82) is 0 Å². The Labute approximate surface area is 150 Å². The van der Waals surface area contributed by atoms with Crippen LogP contribution in [-0.4, -0.2) is 32.8 Å². The minimum atomic E-state index is -3.63.